The van der Waals surface area contributed by atoms with Crippen molar-refractivity contribution in [3.05, 3.63) is 0 Å². The van der Waals surface area contributed by atoms with Gasteiger partial charge in [-0.2, -0.15) is 0 Å². The molecule has 0 amide bonds. The van der Waals surface area contributed by atoms with Crippen molar-refractivity contribution in [3.8, 4) is 0 Å². The summed E-state index contributed by atoms with van der Waals surface area (Å²) in [7, 11) is 0. The van der Waals surface area contributed by atoms with Crippen LogP contribution in [0.2, 0.25) is 0 Å². The van der Waals surface area contributed by atoms with Gasteiger partial charge in [-0.15, -0.1) is 0 Å². The SMILES string of the molecule is CCCCCCCCCCN(CCCCCCC(C)C)CCCCCCC(C)C. The van der Waals surface area contributed by atoms with Gasteiger partial charge in [0.15, 0.2) is 0 Å². The topological polar surface area (TPSA) is 3.24 Å². The van der Waals surface area contributed by atoms with Crippen molar-refractivity contribution in [2.75, 3.05) is 19.6 Å². The number of hydrogen-bond acceptors (Lipinski definition) is 1. The van der Waals surface area contributed by atoms with Crippen LogP contribution < -0.4 is 0 Å². The Balaban J connectivity index is 3.86. The maximum Gasteiger partial charge on any atom is -0.00187 e. The number of unbranched alkanes of at least 4 members (excludes halogenated alkanes) is 13. The van der Waals surface area contributed by atoms with Gasteiger partial charge >= 0.3 is 0 Å². The summed E-state index contributed by atoms with van der Waals surface area (Å²) in [4.78, 5) is 2.81. The van der Waals surface area contributed by atoms with Crippen molar-refractivity contribution in [2.45, 2.75) is 150 Å². The zero-order valence-electron chi connectivity index (χ0n) is 21.5. The highest BCUT2D eigenvalue weighted by molar-refractivity contribution is 4.61. The monoisotopic (exact) mass is 409 g/mol. The van der Waals surface area contributed by atoms with E-state index in [9.17, 15) is 0 Å². The molecule has 0 rings (SSSR count). The van der Waals surface area contributed by atoms with Gasteiger partial charge in [0, 0.05) is 0 Å². The summed E-state index contributed by atoms with van der Waals surface area (Å²) in [6, 6.07) is 0. The Morgan fingerprint density at radius 1 is 0.414 bits per heavy atom. The van der Waals surface area contributed by atoms with Gasteiger partial charge in [0.2, 0.25) is 0 Å². The van der Waals surface area contributed by atoms with Crippen LogP contribution in [0.5, 0.6) is 0 Å². The average Bonchev–Trinajstić information content (AvgIpc) is 2.68. The quantitative estimate of drug-likeness (QED) is 0.152. The predicted octanol–water partition coefficient (Wildman–Crippen LogP) is 9.64. The lowest BCUT2D eigenvalue weighted by molar-refractivity contribution is 0.253. The third-order valence-corrected chi connectivity index (χ3v) is 6.34. The van der Waals surface area contributed by atoms with Crippen LogP contribution in [0.1, 0.15) is 150 Å². The summed E-state index contributed by atoms with van der Waals surface area (Å²) in [5.74, 6) is 1.76. The van der Waals surface area contributed by atoms with Crippen molar-refractivity contribution in [2.24, 2.45) is 11.8 Å². The zero-order chi connectivity index (χ0) is 21.6. The average molecular weight is 410 g/mol. The minimum atomic E-state index is 0.879. The predicted molar refractivity (Wildman–Crippen MR) is 135 cm³/mol. The largest absolute Gasteiger partial charge is 0.303 e. The number of rotatable bonds is 23. The molecule has 0 aromatic heterocycles. The molecule has 1 nitrogen and oxygen atoms in total. The van der Waals surface area contributed by atoms with E-state index >= 15 is 0 Å². The fraction of sp³-hybridized carbons (Fsp3) is 1.00. The smallest absolute Gasteiger partial charge is 0.00187 e. The van der Waals surface area contributed by atoms with Crippen molar-refractivity contribution >= 4 is 0 Å². The Labute approximate surface area is 186 Å². The molecule has 1 heteroatoms. The molecule has 0 aromatic rings. The molecule has 0 aliphatic carbocycles. The van der Waals surface area contributed by atoms with Gasteiger partial charge in [0.1, 0.15) is 0 Å². The molecular weight excluding hydrogens is 350 g/mol. The molecule has 0 unspecified atom stereocenters. The Morgan fingerprint density at radius 3 is 1.07 bits per heavy atom. The molecule has 0 saturated carbocycles. The van der Waals surface area contributed by atoms with E-state index in [1.54, 1.807) is 0 Å². The summed E-state index contributed by atoms with van der Waals surface area (Å²) in [5.41, 5.74) is 0. The van der Waals surface area contributed by atoms with Crippen LogP contribution in [0, 0.1) is 11.8 Å². The zero-order valence-corrected chi connectivity index (χ0v) is 21.5. The Hall–Kier alpha value is -0.0400. The fourth-order valence-electron chi connectivity index (χ4n) is 4.29. The van der Waals surface area contributed by atoms with Crippen LogP contribution in [0.15, 0.2) is 0 Å². The number of nitrogens with zero attached hydrogens (tertiary/aromatic N) is 1. The van der Waals surface area contributed by atoms with Gasteiger partial charge in [0.05, 0.1) is 0 Å². The van der Waals surface area contributed by atoms with Crippen LogP contribution in [-0.2, 0) is 0 Å². The van der Waals surface area contributed by atoms with Crippen LogP contribution >= 0.6 is 0 Å². The second-order valence-corrected chi connectivity index (χ2v) is 10.5. The van der Waals surface area contributed by atoms with Gasteiger partial charge in [-0.1, -0.05) is 131 Å². The molecule has 0 heterocycles. The van der Waals surface area contributed by atoms with Gasteiger partial charge in [-0.25, -0.2) is 0 Å². The van der Waals surface area contributed by atoms with E-state index in [4.69, 9.17) is 0 Å². The lowest BCUT2D eigenvalue weighted by Gasteiger charge is -2.22. The van der Waals surface area contributed by atoms with Crippen LogP contribution in [0.25, 0.3) is 0 Å². The molecule has 0 N–H and O–H groups in total. The van der Waals surface area contributed by atoms with Crippen LogP contribution in [0.3, 0.4) is 0 Å². The lowest BCUT2D eigenvalue weighted by atomic mass is 10.0. The molecule has 29 heavy (non-hydrogen) atoms. The van der Waals surface area contributed by atoms with E-state index < -0.39 is 0 Å². The highest BCUT2D eigenvalue weighted by atomic mass is 15.1. The fourth-order valence-corrected chi connectivity index (χ4v) is 4.29. The summed E-state index contributed by atoms with van der Waals surface area (Å²) in [6.45, 7) is 15.8. The van der Waals surface area contributed by atoms with E-state index in [1.807, 2.05) is 0 Å². The molecule has 0 spiro atoms. The van der Waals surface area contributed by atoms with Crippen molar-refractivity contribution in [1.82, 2.24) is 4.90 Å². The minimum absolute atomic E-state index is 0.879. The summed E-state index contributed by atoms with van der Waals surface area (Å²) >= 11 is 0. The Morgan fingerprint density at radius 2 is 0.724 bits per heavy atom. The van der Waals surface area contributed by atoms with E-state index in [0.717, 1.165) is 11.8 Å². The molecule has 0 bridgehead atoms. The molecule has 0 aromatic carbocycles. The van der Waals surface area contributed by atoms with E-state index in [-0.39, 0.29) is 0 Å². The first-order valence-electron chi connectivity index (χ1n) is 13.8. The van der Waals surface area contributed by atoms with Crippen LogP contribution in [-0.4, -0.2) is 24.5 Å². The second-order valence-electron chi connectivity index (χ2n) is 10.5. The highest BCUT2D eigenvalue weighted by Crippen LogP contribution is 2.13. The van der Waals surface area contributed by atoms with Gasteiger partial charge in [-0.05, 0) is 50.7 Å². The molecule has 0 aliphatic rings. The van der Waals surface area contributed by atoms with E-state index in [1.165, 1.54) is 135 Å². The maximum absolute atomic E-state index is 2.81. The van der Waals surface area contributed by atoms with Gasteiger partial charge in [0.25, 0.3) is 0 Å². The third kappa shape index (κ3) is 24.1. The minimum Gasteiger partial charge on any atom is -0.303 e. The maximum atomic E-state index is 2.81. The highest BCUT2D eigenvalue weighted by Gasteiger charge is 2.05. The molecule has 0 fully saturated rings. The Bertz CT molecular complexity index is 277. The number of hydrogen-bond donors (Lipinski definition) is 0. The first kappa shape index (κ1) is 29.0. The molecule has 0 radical (unpaired) electrons. The standard InChI is InChI=1S/C28H59N/c1-6-7-8-9-10-11-14-19-24-29(25-20-15-12-17-22-27(2)3)26-21-16-13-18-23-28(4)5/h27-28H,6-26H2,1-5H3. The van der Waals surface area contributed by atoms with Gasteiger partial charge < -0.3 is 4.90 Å². The van der Waals surface area contributed by atoms with Crippen molar-refractivity contribution < 1.29 is 0 Å². The van der Waals surface area contributed by atoms with Crippen molar-refractivity contribution in [3.63, 3.8) is 0 Å². The normalized spacial score (nSPS) is 12.0. The summed E-state index contributed by atoms with van der Waals surface area (Å²) in [6.07, 6.45) is 25.8. The first-order chi connectivity index (χ1) is 14.1. The summed E-state index contributed by atoms with van der Waals surface area (Å²) < 4.78 is 0. The molecule has 0 atom stereocenters. The molecule has 0 aliphatic heterocycles. The second kappa shape index (κ2) is 22.6. The van der Waals surface area contributed by atoms with E-state index in [0.29, 0.717) is 0 Å². The third-order valence-electron chi connectivity index (χ3n) is 6.34. The van der Waals surface area contributed by atoms with Crippen molar-refractivity contribution in [1.29, 1.82) is 0 Å². The van der Waals surface area contributed by atoms with Crippen LogP contribution in [0.4, 0.5) is 0 Å². The lowest BCUT2D eigenvalue weighted by Crippen LogP contribution is -2.27. The summed E-state index contributed by atoms with van der Waals surface area (Å²) in [5, 5.41) is 0. The van der Waals surface area contributed by atoms with E-state index in [2.05, 4.69) is 39.5 Å². The molecule has 0 saturated heterocycles. The van der Waals surface area contributed by atoms with Gasteiger partial charge in [-0.3, -0.25) is 0 Å². The first-order valence-corrected chi connectivity index (χ1v) is 13.8. The Kier molecular flexibility index (Phi) is 22.6. The molecule has 176 valence electrons. The molecular formula is C28H59N.